The van der Waals surface area contributed by atoms with Crippen LogP contribution in [0.15, 0.2) is 24.3 Å². The summed E-state index contributed by atoms with van der Waals surface area (Å²) in [6.07, 6.45) is 2.02. The SMILES string of the molecule is CCCCNC(=O)Nc1cccc(-n2nnnc2C)c1. The fraction of sp³-hybridized carbons (Fsp3) is 0.385. The molecule has 1 aromatic carbocycles. The largest absolute Gasteiger partial charge is 0.338 e. The standard InChI is InChI=1S/C13H18N6O/c1-3-4-8-14-13(20)15-11-6-5-7-12(9-11)19-10(2)16-17-18-19/h5-7,9H,3-4,8H2,1-2H3,(H2,14,15,20). The smallest absolute Gasteiger partial charge is 0.319 e. The molecule has 7 heteroatoms. The lowest BCUT2D eigenvalue weighted by Gasteiger charge is -2.08. The second-order valence-electron chi connectivity index (χ2n) is 4.42. The number of carbonyl (C=O) groups excluding carboxylic acids is 1. The summed E-state index contributed by atoms with van der Waals surface area (Å²) in [5.41, 5.74) is 1.50. The van der Waals surface area contributed by atoms with Gasteiger partial charge >= 0.3 is 6.03 Å². The van der Waals surface area contributed by atoms with Crippen LogP contribution in [0.5, 0.6) is 0 Å². The second kappa shape index (κ2) is 6.65. The van der Waals surface area contributed by atoms with Crippen LogP contribution in [0.25, 0.3) is 5.69 Å². The van der Waals surface area contributed by atoms with Crippen molar-refractivity contribution in [3.05, 3.63) is 30.1 Å². The van der Waals surface area contributed by atoms with Crippen molar-refractivity contribution in [2.24, 2.45) is 0 Å². The van der Waals surface area contributed by atoms with Gasteiger partial charge in [0.1, 0.15) is 0 Å². The van der Waals surface area contributed by atoms with Crippen LogP contribution in [-0.2, 0) is 0 Å². The summed E-state index contributed by atoms with van der Waals surface area (Å²) in [6, 6.07) is 7.16. The Balaban J connectivity index is 2.03. The Morgan fingerprint density at radius 2 is 2.25 bits per heavy atom. The molecule has 0 radical (unpaired) electrons. The summed E-state index contributed by atoms with van der Waals surface area (Å²) < 4.78 is 1.61. The van der Waals surface area contributed by atoms with Gasteiger partial charge in [0.05, 0.1) is 5.69 Å². The molecule has 1 heterocycles. The summed E-state index contributed by atoms with van der Waals surface area (Å²) in [7, 11) is 0. The highest BCUT2D eigenvalue weighted by atomic mass is 16.2. The van der Waals surface area contributed by atoms with Crippen molar-refractivity contribution < 1.29 is 4.79 Å². The van der Waals surface area contributed by atoms with Crippen molar-refractivity contribution in [1.82, 2.24) is 25.5 Å². The van der Waals surface area contributed by atoms with Crippen LogP contribution in [0.1, 0.15) is 25.6 Å². The number of hydrogen-bond donors (Lipinski definition) is 2. The number of anilines is 1. The third-order valence-corrected chi connectivity index (χ3v) is 2.79. The van der Waals surface area contributed by atoms with Crippen molar-refractivity contribution >= 4 is 11.7 Å². The van der Waals surface area contributed by atoms with Gasteiger partial charge in [0, 0.05) is 12.2 Å². The molecule has 0 spiro atoms. The average molecular weight is 274 g/mol. The number of nitrogens with zero attached hydrogens (tertiary/aromatic N) is 4. The summed E-state index contributed by atoms with van der Waals surface area (Å²) in [6.45, 7) is 4.57. The minimum atomic E-state index is -0.205. The molecule has 0 bridgehead atoms. The molecule has 7 nitrogen and oxygen atoms in total. The molecule has 0 saturated heterocycles. The van der Waals surface area contributed by atoms with Crippen molar-refractivity contribution in [2.45, 2.75) is 26.7 Å². The molecule has 0 aliphatic heterocycles. The van der Waals surface area contributed by atoms with Crippen LogP contribution in [0.2, 0.25) is 0 Å². The normalized spacial score (nSPS) is 10.3. The predicted molar refractivity (Wildman–Crippen MR) is 75.8 cm³/mol. The van der Waals surface area contributed by atoms with E-state index in [1.165, 1.54) is 0 Å². The van der Waals surface area contributed by atoms with E-state index in [4.69, 9.17) is 0 Å². The van der Waals surface area contributed by atoms with Gasteiger partial charge in [-0.25, -0.2) is 4.79 Å². The maximum Gasteiger partial charge on any atom is 0.319 e. The first-order valence-electron chi connectivity index (χ1n) is 6.61. The first kappa shape index (κ1) is 14.0. The molecule has 1 aromatic heterocycles. The molecule has 20 heavy (non-hydrogen) atoms. The van der Waals surface area contributed by atoms with Crippen LogP contribution < -0.4 is 10.6 Å². The van der Waals surface area contributed by atoms with Crippen LogP contribution in [0.4, 0.5) is 10.5 Å². The number of rotatable bonds is 5. The number of amides is 2. The highest BCUT2D eigenvalue weighted by molar-refractivity contribution is 5.89. The van der Waals surface area contributed by atoms with E-state index in [1.54, 1.807) is 4.68 Å². The van der Waals surface area contributed by atoms with E-state index in [9.17, 15) is 4.79 Å². The van der Waals surface area contributed by atoms with E-state index in [1.807, 2.05) is 31.2 Å². The number of hydrogen-bond acceptors (Lipinski definition) is 4. The van der Waals surface area contributed by atoms with E-state index in [0.717, 1.165) is 18.5 Å². The number of urea groups is 1. The van der Waals surface area contributed by atoms with Gasteiger partial charge in [-0.3, -0.25) is 0 Å². The number of nitrogens with one attached hydrogen (secondary N) is 2. The molecule has 2 aromatic rings. The van der Waals surface area contributed by atoms with Gasteiger partial charge in [-0.15, -0.1) is 5.10 Å². The Kier molecular flexibility index (Phi) is 4.65. The van der Waals surface area contributed by atoms with E-state index < -0.39 is 0 Å². The van der Waals surface area contributed by atoms with Gasteiger partial charge in [0.15, 0.2) is 5.82 Å². The third kappa shape index (κ3) is 3.53. The minimum absolute atomic E-state index is 0.205. The first-order chi connectivity index (χ1) is 9.70. The molecule has 0 unspecified atom stereocenters. The number of tetrazole rings is 1. The van der Waals surface area contributed by atoms with Gasteiger partial charge in [0.25, 0.3) is 0 Å². The van der Waals surface area contributed by atoms with E-state index >= 15 is 0 Å². The van der Waals surface area contributed by atoms with Crippen molar-refractivity contribution in [3.63, 3.8) is 0 Å². The van der Waals surface area contributed by atoms with Crippen molar-refractivity contribution in [1.29, 1.82) is 0 Å². The molecule has 0 aliphatic rings. The maximum atomic E-state index is 11.7. The number of aryl methyl sites for hydroxylation is 1. The summed E-state index contributed by atoms with van der Waals surface area (Å²) in [4.78, 5) is 11.7. The van der Waals surface area contributed by atoms with E-state index in [-0.39, 0.29) is 6.03 Å². The number of unbranched alkanes of at least 4 members (excludes halogenated alkanes) is 1. The minimum Gasteiger partial charge on any atom is -0.338 e. The van der Waals surface area contributed by atoms with Crippen LogP contribution >= 0.6 is 0 Å². The summed E-state index contributed by atoms with van der Waals surface area (Å²) in [5.74, 6) is 0.689. The molecule has 0 aliphatic carbocycles. The fourth-order valence-corrected chi connectivity index (χ4v) is 1.74. The zero-order valence-corrected chi connectivity index (χ0v) is 11.6. The lowest BCUT2D eigenvalue weighted by atomic mass is 10.3. The Morgan fingerprint density at radius 3 is 2.95 bits per heavy atom. The first-order valence-corrected chi connectivity index (χ1v) is 6.61. The molecule has 106 valence electrons. The van der Waals surface area contributed by atoms with Gasteiger partial charge in [-0.1, -0.05) is 19.4 Å². The van der Waals surface area contributed by atoms with Crippen LogP contribution in [0, 0.1) is 6.92 Å². The van der Waals surface area contributed by atoms with Gasteiger partial charge in [-0.05, 0) is 42.0 Å². The highest BCUT2D eigenvalue weighted by Crippen LogP contribution is 2.14. The number of benzene rings is 1. The Bertz CT molecular complexity index is 580. The average Bonchev–Trinajstić information content (AvgIpc) is 2.85. The zero-order chi connectivity index (χ0) is 14.4. The molecule has 0 atom stereocenters. The van der Waals surface area contributed by atoms with E-state index in [2.05, 4.69) is 33.1 Å². The van der Waals surface area contributed by atoms with E-state index in [0.29, 0.717) is 18.1 Å². The summed E-state index contributed by atoms with van der Waals surface area (Å²) in [5, 5.41) is 16.9. The van der Waals surface area contributed by atoms with Crippen LogP contribution in [-0.4, -0.2) is 32.8 Å². The van der Waals surface area contributed by atoms with Gasteiger partial charge in [0.2, 0.25) is 0 Å². The number of aromatic nitrogens is 4. The molecule has 2 N–H and O–H groups in total. The zero-order valence-electron chi connectivity index (χ0n) is 11.6. The summed E-state index contributed by atoms with van der Waals surface area (Å²) >= 11 is 0. The van der Waals surface area contributed by atoms with Crippen molar-refractivity contribution in [2.75, 3.05) is 11.9 Å². The fourth-order valence-electron chi connectivity index (χ4n) is 1.74. The lowest BCUT2D eigenvalue weighted by Crippen LogP contribution is -2.29. The number of carbonyl (C=O) groups is 1. The highest BCUT2D eigenvalue weighted by Gasteiger charge is 2.06. The molecular formula is C13H18N6O. The Hall–Kier alpha value is -2.44. The van der Waals surface area contributed by atoms with Crippen LogP contribution in [0.3, 0.4) is 0 Å². The molecule has 2 rings (SSSR count). The van der Waals surface area contributed by atoms with Crippen molar-refractivity contribution in [3.8, 4) is 5.69 Å². The molecular weight excluding hydrogens is 256 g/mol. The van der Waals surface area contributed by atoms with Gasteiger partial charge in [-0.2, -0.15) is 4.68 Å². The third-order valence-electron chi connectivity index (χ3n) is 2.79. The topological polar surface area (TPSA) is 84.7 Å². The Morgan fingerprint density at radius 1 is 1.40 bits per heavy atom. The predicted octanol–water partition coefficient (Wildman–Crippen LogP) is 1.89. The maximum absolute atomic E-state index is 11.7. The second-order valence-corrected chi connectivity index (χ2v) is 4.42. The molecule has 0 fully saturated rings. The monoisotopic (exact) mass is 274 g/mol. The molecule has 0 saturated carbocycles. The quantitative estimate of drug-likeness (QED) is 0.815. The molecule has 2 amide bonds. The Labute approximate surface area is 117 Å². The lowest BCUT2D eigenvalue weighted by molar-refractivity contribution is 0.252. The van der Waals surface area contributed by atoms with Gasteiger partial charge < -0.3 is 10.6 Å².